The second-order valence-electron chi connectivity index (χ2n) is 4.94. The predicted octanol–water partition coefficient (Wildman–Crippen LogP) is 2.64. The Labute approximate surface area is 122 Å². The topological polar surface area (TPSA) is 99.3 Å². The summed E-state index contributed by atoms with van der Waals surface area (Å²) >= 11 is 0. The summed E-state index contributed by atoms with van der Waals surface area (Å²) in [6.45, 7) is 4.10. The van der Waals surface area contributed by atoms with Crippen LogP contribution in [0.25, 0.3) is 0 Å². The minimum absolute atomic E-state index is 0.118. The maximum atomic E-state index is 12.1. The van der Waals surface area contributed by atoms with Gasteiger partial charge in [0, 0.05) is 11.9 Å². The second kappa shape index (κ2) is 5.61. The molecule has 2 aromatic rings. The Morgan fingerprint density at radius 1 is 1.24 bits per heavy atom. The van der Waals surface area contributed by atoms with Gasteiger partial charge in [0.05, 0.1) is 0 Å². The van der Waals surface area contributed by atoms with E-state index in [0.29, 0.717) is 11.6 Å². The molecular formula is C14H16N2O4S. The normalized spacial score (nSPS) is 11.6. The zero-order valence-corrected chi connectivity index (χ0v) is 12.4. The number of H-pyrrole nitrogens is 1. The van der Waals surface area contributed by atoms with Crippen molar-refractivity contribution in [3.05, 3.63) is 47.8 Å². The van der Waals surface area contributed by atoms with Crippen LogP contribution in [0.3, 0.4) is 0 Å². The molecule has 6 nitrogen and oxygen atoms in total. The number of aromatic amines is 1. The predicted molar refractivity (Wildman–Crippen MR) is 79.1 cm³/mol. The number of aromatic nitrogens is 1. The minimum atomic E-state index is -3.80. The van der Waals surface area contributed by atoms with Crippen molar-refractivity contribution < 1.29 is 18.3 Å². The van der Waals surface area contributed by atoms with Gasteiger partial charge >= 0.3 is 5.97 Å². The van der Waals surface area contributed by atoms with E-state index in [9.17, 15) is 13.2 Å². The van der Waals surface area contributed by atoms with Crippen molar-refractivity contribution in [2.45, 2.75) is 24.7 Å². The Balaban J connectivity index is 2.22. The summed E-state index contributed by atoms with van der Waals surface area (Å²) in [6.07, 6.45) is 1.15. The highest BCUT2D eigenvalue weighted by Crippen LogP contribution is 2.20. The number of sulfonamides is 1. The molecule has 0 bridgehead atoms. The van der Waals surface area contributed by atoms with Crippen LogP contribution in [0.2, 0.25) is 0 Å². The van der Waals surface area contributed by atoms with Gasteiger partial charge in [0.25, 0.3) is 10.0 Å². The van der Waals surface area contributed by atoms with Gasteiger partial charge in [0.2, 0.25) is 0 Å². The van der Waals surface area contributed by atoms with E-state index < -0.39 is 16.0 Å². The molecule has 2 rings (SSSR count). The van der Waals surface area contributed by atoms with Gasteiger partial charge in [-0.25, -0.2) is 13.2 Å². The molecule has 0 radical (unpaired) electrons. The van der Waals surface area contributed by atoms with Crippen LogP contribution in [0.1, 0.15) is 35.8 Å². The third-order valence-corrected chi connectivity index (χ3v) is 4.39. The number of nitrogens with one attached hydrogen (secondary N) is 2. The molecule has 0 saturated heterocycles. The van der Waals surface area contributed by atoms with E-state index in [1.54, 1.807) is 12.1 Å². The van der Waals surface area contributed by atoms with Crippen LogP contribution < -0.4 is 4.72 Å². The van der Waals surface area contributed by atoms with Crippen LogP contribution in [0.4, 0.5) is 5.69 Å². The van der Waals surface area contributed by atoms with Crippen LogP contribution in [0, 0.1) is 0 Å². The van der Waals surface area contributed by atoms with E-state index in [1.165, 1.54) is 0 Å². The van der Waals surface area contributed by atoms with Gasteiger partial charge < -0.3 is 10.1 Å². The lowest BCUT2D eigenvalue weighted by Gasteiger charge is -2.09. The molecule has 7 heteroatoms. The lowest BCUT2D eigenvalue weighted by atomic mass is 10.0. The van der Waals surface area contributed by atoms with E-state index >= 15 is 0 Å². The summed E-state index contributed by atoms with van der Waals surface area (Å²) in [7, 11) is -3.80. The third kappa shape index (κ3) is 3.43. The van der Waals surface area contributed by atoms with Gasteiger partial charge in [-0.3, -0.25) is 4.72 Å². The average Bonchev–Trinajstić information content (AvgIpc) is 2.89. The quantitative estimate of drug-likeness (QED) is 0.790. The van der Waals surface area contributed by atoms with E-state index in [0.717, 1.165) is 17.8 Å². The number of aromatic carboxylic acids is 1. The molecule has 112 valence electrons. The van der Waals surface area contributed by atoms with Crippen LogP contribution in [0.15, 0.2) is 41.4 Å². The van der Waals surface area contributed by atoms with Crippen LogP contribution >= 0.6 is 0 Å². The van der Waals surface area contributed by atoms with Crippen molar-refractivity contribution >= 4 is 21.7 Å². The zero-order valence-electron chi connectivity index (χ0n) is 11.6. The molecule has 1 heterocycles. The Bertz CT molecular complexity index is 746. The van der Waals surface area contributed by atoms with Gasteiger partial charge in [-0.15, -0.1) is 0 Å². The highest BCUT2D eigenvalue weighted by molar-refractivity contribution is 7.92. The monoisotopic (exact) mass is 308 g/mol. The highest BCUT2D eigenvalue weighted by Gasteiger charge is 2.18. The SMILES string of the molecule is CC(C)c1ccc(NS(=O)(=O)c2c[nH]c(C(=O)O)c2)cc1. The van der Waals surface area contributed by atoms with E-state index in [1.807, 2.05) is 26.0 Å². The fourth-order valence-electron chi connectivity index (χ4n) is 1.80. The van der Waals surface area contributed by atoms with Gasteiger partial charge in [-0.1, -0.05) is 26.0 Å². The van der Waals surface area contributed by atoms with Gasteiger partial charge in [-0.2, -0.15) is 0 Å². The van der Waals surface area contributed by atoms with Crippen molar-refractivity contribution in [3.63, 3.8) is 0 Å². The molecule has 21 heavy (non-hydrogen) atoms. The molecule has 0 aliphatic carbocycles. The van der Waals surface area contributed by atoms with Crippen LogP contribution in [0.5, 0.6) is 0 Å². The maximum absolute atomic E-state index is 12.1. The van der Waals surface area contributed by atoms with E-state index in [-0.39, 0.29) is 10.6 Å². The molecular weight excluding hydrogens is 292 g/mol. The number of carboxylic acids is 1. The van der Waals surface area contributed by atoms with Crippen molar-refractivity contribution in [2.75, 3.05) is 4.72 Å². The second-order valence-corrected chi connectivity index (χ2v) is 6.62. The lowest BCUT2D eigenvalue weighted by Crippen LogP contribution is -2.12. The first-order chi connectivity index (χ1) is 9.79. The maximum Gasteiger partial charge on any atom is 0.352 e. The summed E-state index contributed by atoms with van der Waals surface area (Å²) in [5.74, 6) is -0.851. The minimum Gasteiger partial charge on any atom is -0.477 e. The largest absolute Gasteiger partial charge is 0.477 e. The Morgan fingerprint density at radius 2 is 1.86 bits per heavy atom. The Kier molecular flexibility index (Phi) is 4.04. The number of carbonyl (C=O) groups is 1. The van der Waals surface area contributed by atoms with Crippen LogP contribution in [-0.2, 0) is 10.0 Å². The molecule has 3 N–H and O–H groups in total. The number of carboxylic acid groups (broad SMARTS) is 1. The van der Waals surface area contributed by atoms with Gasteiger partial charge in [-0.05, 0) is 29.7 Å². The van der Waals surface area contributed by atoms with Crippen LogP contribution in [-0.4, -0.2) is 24.5 Å². The van der Waals surface area contributed by atoms with Gasteiger partial charge in [0.15, 0.2) is 0 Å². The average molecular weight is 308 g/mol. The molecule has 0 aliphatic heterocycles. The lowest BCUT2D eigenvalue weighted by molar-refractivity contribution is 0.0691. The summed E-state index contributed by atoms with van der Waals surface area (Å²) in [5.41, 5.74) is 1.36. The highest BCUT2D eigenvalue weighted by atomic mass is 32.2. The molecule has 0 atom stereocenters. The zero-order chi connectivity index (χ0) is 15.6. The molecule has 1 aromatic carbocycles. The third-order valence-electron chi connectivity index (χ3n) is 3.03. The molecule has 0 unspecified atom stereocenters. The smallest absolute Gasteiger partial charge is 0.352 e. The summed E-state index contributed by atoms with van der Waals surface area (Å²) in [5, 5.41) is 8.79. The van der Waals surface area contributed by atoms with E-state index in [4.69, 9.17) is 5.11 Å². The Hall–Kier alpha value is -2.28. The summed E-state index contributed by atoms with van der Waals surface area (Å²) < 4.78 is 26.7. The molecule has 0 aliphatic rings. The number of benzene rings is 1. The van der Waals surface area contributed by atoms with Crippen molar-refractivity contribution in [2.24, 2.45) is 0 Å². The number of anilines is 1. The summed E-state index contributed by atoms with van der Waals surface area (Å²) in [6, 6.07) is 8.13. The first-order valence-corrected chi connectivity index (χ1v) is 7.82. The van der Waals surface area contributed by atoms with Crippen molar-refractivity contribution in [1.82, 2.24) is 4.98 Å². The van der Waals surface area contributed by atoms with Crippen molar-refractivity contribution in [3.8, 4) is 0 Å². The van der Waals surface area contributed by atoms with Crippen molar-refractivity contribution in [1.29, 1.82) is 0 Å². The fraction of sp³-hybridized carbons (Fsp3) is 0.214. The molecule has 0 fully saturated rings. The number of rotatable bonds is 5. The molecule has 1 aromatic heterocycles. The van der Waals surface area contributed by atoms with E-state index in [2.05, 4.69) is 9.71 Å². The first-order valence-electron chi connectivity index (χ1n) is 6.34. The first kappa shape index (κ1) is 15.1. The number of hydrogen-bond acceptors (Lipinski definition) is 3. The van der Waals surface area contributed by atoms with Gasteiger partial charge in [0.1, 0.15) is 10.6 Å². The standard InChI is InChI=1S/C14H16N2O4S/c1-9(2)10-3-5-11(6-4-10)16-21(19,20)12-7-13(14(17)18)15-8-12/h3-9,15-16H,1-2H3,(H,17,18). The molecule has 0 amide bonds. The summed E-state index contributed by atoms with van der Waals surface area (Å²) in [4.78, 5) is 13.0. The number of hydrogen-bond donors (Lipinski definition) is 3. The Morgan fingerprint density at radius 3 is 2.33 bits per heavy atom. The fourth-order valence-corrected chi connectivity index (χ4v) is 2.85. The molecule has 0 spiro atoms. The molecule has 0 saturated carbocycles.